The average molecular weight is 244 g/mol. The first-order chi connectivity index (χ1) is 8.43. The molecule has 0 aliphatic rings. The van der Waals surface area contributed by atoms with Gasteiger partial charge < -0.3 is 10.2 Å². The molecule has 2 N–H and O–H groups in total. The average Bonchev–Trinajstić information content (AvgIpc) is 2.28. The lowest BCUT2D eigenvalue weighted by molar-refractivity contribution is 0.219. The van der Waals surface area contributed by atoms with Crippen LogP contribution in [0.1, 0.15) is 31.7 Å². The fourth-order valence-electron chi connectivity index (χ4n) is 1.74. The molecule has 0 fully saturated rings. The molecule has 0 saturated carbocycles. The van der Waals surface area contributed by atoms with Gasteiger partial charge in [0.15, 0.2) is 0 Å². The van der Waals surface area contributed by atoms with Crippen LogP contribution in [-0.4, -0.2) is 36.5 Å². The normalized spacial score (nSPS) is 11.7. The van der Waals surface area contributed by atoms with Crippen molar-refractivity contribution in [2.75, 3.05) is 0 Å². The first-order valence-electron chi connectivity index (χ1n) is 5.73. The molecule has 0 bridgehead atoms. The van der Waals surface area contributed by atoms with Crippen molar-refractivity contribution in [2.45, 2.75) is 26.2 Å². The van der Waals surface area contributed by atoms with E-state index in [0.29, 0.717) is 10.9 Å². The molecule has 1 aromatic rings. The van der Waals surface area contributed by atoms with Gasteiger partial charge in [-0.2, -0.15) is 0 Å². The van der Waals surface area contributed by atoms with Crippen LogP contribution in [0.2, 0.25) is 0 Å². The monoisotopic (exact) mass is 244 g/mol. The van der Waals surface area contributed by atoms with Gasteiger partial charge in [-0.15, -0.1) is 0 Å². The third-order valence-corrected chi connectivity index (χ3v) is 2.82. The molecule has 0 saturated heterocycles. The van der Waals surface area contributed by atoms with E-state index in [9.17, 15) is 9.59 Å². The van der Waals surface area contributed by atoms with E-state index in [2.05, 4.69) is 0 Å². The molecule has 6 heteroatoms. The summed E-state index contributed by atoms with van der Waals surface area (Å²) in [5.74, 6) is -1.84. The minimum atomic E-state index is -1.01. The Bertz CT molecular complexity index is 459. The van der Waals surface area contributed by atoms with Crippen LogP contribution in [0.4, 0.5) is 9.59 Å². The highest BCUT2D eigenvalue weighted by atomic mass is 16.4. The molecule has 2 radical (unpaired) electrons. The molecular weight excluding hydrogens is 230 g/mol. The van der Waals surface area contributed by atoms with Crippen molar-refractivity contribution < 1.29 is 19.8 Å². The molecule has 92 valence electrons. The topological polar surface area (TPSA) is 74.6 Å². The van der Waals surface area contributed by atoms with E-state index < -0.39 is 11.7 Å². The van der Waals surface area contributed by atoms with Gasteiger partial charge in [0.1, 0.15) is 0 Å². The summed E-state index contributed by atoms with van der Waals surface area (Å²) in [5, 5.41) is 17.5. The maximum atomic E-state index is 10.7. The lowest BCUT2D eigenvalue weighted by Gasteiger charge is -2.15. The molecule has 1 unspecified atom stereocenters. The summed E-state index contributed by atoms with van der Waals surface area (Å²) in [5.41, 5.74) is 2.05. The Kier molecular flexibility index (Phi) is 5.01. The van der Waals surface area contributed by atoms with Crippen LogP contribution in [0.3, 0.4) is 0 Å². The highest BCUT2D eigenvalue weighted by molar-refractivity contribution is 6.83. The van der Waals surface area contributed by atoms with Crippen LogP contribution < -0.4 is 10.9 Å². The minimum Gasteiger partial charge on any atom is -0.489 e. The number of benzene rings is 1. The molecule has 1 atom stereocenters. The number of carbonyl (C=O) groups is 2. The molecule has 4 nitrogen and oxygen atoms in total. The maximum Gasteiger partial charge on any atom is 0.299 e. The highest BCUT2D eigenvalue weighted by Gasteiger charge is 2.15. The zero-order chi connectivity index (χ0) is 13.7. The Morgan fingerprint density at radius 2 is 1.83 bits per heavy atom. The van der Waals surface area contributed by atoms with E-state index in [4.69, 9.17) is 10.2 Å². The van der Waals surface area contributed by atoms with Crippen LogP contribution in [0, 0.1) is 0 Å². The number of rotatable bonds is 6. The Balaban J connectivity index is 3.11. The molecule has 1 aromatic carbocycles. The number of hydrogen-bond acceptors (Lipinski definition) is 2. The Labute approximate surface area is 108 Å². The van der Waals surface area contributed by atoms with Gasteiger partial charge in [0.2, 0.25) is 11.7 Å². The second-order valence-corrected chi connectivity index (χ2v) is 4.16. The van der Waals surface area contributed by atoms with E-state index in [-0.39, 0.29) is 5.92 Å². The Morgan fingerprint density at radius 1 is 1.22 bits per heavy atom. The second-order valence-electron chi connectivity index (χ2n) is 4.16. The zero-order valence-corrected chi connectivity index (χ0v) is 10.4. The predicted octanol–water partition coefficient (Wildman–Crippen LogP) is 1.22. The van der Waals surface area contributed by atoms with E-state index in [1.807, 2.05) is 13.8 Å². The van der Waals surface area contributed by atoms with Crippen molar-refractivity contribution in [3.05, 3.63) is 23.8 Å². The summed E-state index contributed by atoms with van der Waals surface area (Å²) in [6.45, 7) is 3.99. The third kappa shape index (κ3) is 3.95. The fraction of sp³-hybridized carbons (Fsp3) is 0.333. The first-order valence-corrected chi connectivity index (χ1v) is 5.73. The zero-order valence-electron chi connectivity index (χ0n) is 10.4. The molecule has 0 heterocycles. The molecular formula is C12H14B2O4. The van der Waals surface area contributed by atoms with E-state index in [1.165, 1.54) is 0 Å². The Morgan fingerprint density at radius 3 is 2.33 bits per heavy atom. The van der Waals surface area contributed by atoms with Gasteiger partial charge in [-0.3, -0.25) is 9.59 Å². The quantitative estimate of drug-likeness (QED) is 0.737. The van der Waals surface area contributed by atoms with Gasteiger partial charge in [-0.25, -0.2) is 0 Å². The molecule has 0 aromatic heterocycles. The molecule has 1 rings (SSSR count). The summed E-state index contributed by atoms with van der Waals surface area (Å²) < 4.78 is 0. The third-order valence-electron chi connectivity index (χ3n) is 2.82. The van der Waals surface area contributed by atoms with E-state index in [1.54, 1.807) is 18.2 Å². The van der Waals surface area contributed by atoms with Crippen molar-refractivity contribution in [1.82, 2.24) is 0 Å². The van der Waals surface area contributed by atoms with Crippen LogP contribution in [0.25, 0.3) is 0 Å². The molecule has 18 heavy (non-hydrogen) atoms. The van der Waals surface area contributed by atoms with Gasteiger partial charge >= 0.3 is 0 Å². The summed E-state index contributed by atoms with van der Waals surface area (Å²) in [6.07, 6.45) is 0.858. The first kappa shape index (κ1) is 14.4. The standard InChI is InChI=1S/C12H14B2O4/c1-3-7(2)9-6-8(13-11(15)16)4-5-10(9)14-12(17)18/h4-7H,3H2,1-2H3,(H,15,16)(H,17,18). The Hall–Kier alpha value is -1.71. The van der Waals surface area contributed by atoms with E-state index in [0.717, 1.165) is 26.5 Å². The van der Waals surface area contributed by atoms with Gasteiger partial charge in [0.25, 0.3) is 14.6 Å². The van der Waals surface area contributed by atoms with Crippen LogP contribution in [0.15, 0.2) is 18.2 Å². The number of carboxylic acid groups (broad SMARTS) is 2. The van der Waals surface area contributed by atoms with Crippen molar-refractivity contribution >= 4 is 37.2 Å². The molecule has 0 spiro atoms. The van der Waals surface area contributed by atoms with Crippen LogP contribution in [-0.2, 0) is 0 Å². The molecule has 0 aliphatic heterocycles. The maximum absolute atomic E-state index is 10.7. The lowest BCUT2D eigenvalue weighted by atomic mass is 9.63. The molecule has 0 aliphatic carbocycles. The number of hydrogen-bond donors (Lipinski definition) is 2. The van der Waals surface area contributed by atoms with Crippen molar-refractivity contribution in [3.8, 4) is 0 Å². The van der Waals surface area contributed by atoms with E-state index >= 15 is 0 Å². The largest absolute Gasteiger partial charge is 0.489 e. The second kappa shape index (κ2) is 6.28. The fourth-order valence-corrected chi connectivity index (χ4v) is 1.74. The van der Waals surface area contributed by atoms with Crippen LogP contribution in [0.5, 0.6) is 0 Å². The van der Waals surface area contributed by atoms with Gasteiger partial charge in [-0.05, 0) is 12.3 Å². The lowest BCUT2D eigenvalue weighted by Crippen LogP contribution is -2.31. The smallest absolute Gasteiger partial charge is 0.299 e. The van der Waals surface area contributed by atoms with Gasteiger partial charge in [0.05, 0.1) is 0 Å². The molecule has 0 amide bonds. The minimum absolute atomic E-state index is 0.178. The SMILES string of the molecule is CCC(C)c1cc([B]C(=O)O)ccc1[B]C(=O)O. The highest BCUT2D eigenvalue weighted by Crippen LogP contribution is 2.15. The van der Waals surface area contributed by atoms with Crippen molar-refractivity contribution in [3.63, 3.8) is 0 Å². The summed E-state index contributed by atoms with van der Waals surface area (Å²) >= 11 is 0. The van der Waals surface area contributed by atoms with Crippen LogP contribution >= 0.6 is 0 Å². The summed E-state index contributed by atoms with van der Waals surface area (Å²) in [4.78, 5) is 21.4. The predicted molar refractivity (Wildman–Crippen MR) is 72.0 cm³/mol. The summed E-state index contributed by atoms with van der Waals surface area (Å²) in [6, 6.07) is 4.98. The van der Waals surface area contributed by atoms with Gasteiger partial charge in [0, 0.05) is 0 Å². The van der Waals surface area contributed by atoms with Gasteiger partial charge in [-0.1, -0.05) is 48.5 Å². The summed E-state index contributed by atoms with van der Waals surface area (Å²) in [7, 11) is 2.25. The van der Waals surface area contributed by atoms with Crippen molar-refractivity contribution in [1.29, 1.82) is 0 Å². The van der Waals surface area contributed by atoms with Crippen molar-refractivity contribution in [2.24, 2.45) is 0 Å².